The number of nitrogens with zero attached hydrogens (tertiary/aromatic N) is 2. The Bertz CT molecular complexity index is 492. The van der Waals surface area contributed by atoms with Crippen LogP contribution in [0.1, 0.15) is 19.2 Å². The van der Waals surface area contributed by atoms with Gasteiger partial charge in [-0.3, -0.25) is 0 Å². The molecule has 0 saturated heterocycles. The number of nitrogens with two attached hydrogens (primary N) is 1. The molecule has 3 nitrogen and oxygen atoms in total. The molecule has 0 saturated carbocycles. The zero-order valence-electron chi connectivity index (χ0n) is 10.1. The average Bonchev–Trinajstić information content (AvgIpc) is 2.68. The Labute approximate surface area is 100 Å². The van der Waals surface area contributed by atoms with Crippen molar-refractivity contribution in [3.05, 3.63) is 30.1 Å². The predicted molar refractivity (Wildman–Crippen MR) is 67.7 cm³/mol. The van der Waals surface area contributed by atoms with E-state index in [1.165, 1.54) is 0 Å². The molecule has 1 aromatic carbocycles. The Morgan fingerprint density at radius 1 is 1.41 bits per heavy atom. The van der Waals surface area contributed by atoms with Crippen molar-refractivity contribution in [3.8, 4) is 0 Å². The zero-order valence-corrected chi connectivity index (χ0v) is 10.1. The molecule has 1 aromatic heterocycles. The van der Waals surface area contributed by atoms with Gasteiger partial charge in [0.15, 0.2) is 0 Å². The van der Waals surface area contributed by atoms with Gasteiger partial charge in [-0.2, -0.15) is 0 Å². The van der Waals surface area contributed by atoms with Gasteiger partial charge in [-0.1, -0.05) is 19.1 Å². The van der Waals surface area contributed by atoms with Gasteiger partial charge in [0, 0.05) is 19.5 Å². The Hall–Kier alpha value is -1.42. The third kappa shape index (κ3) is 2.47. The van der Waals surface area contributed by atoms with Gasteiger partial charge < -0.3 is 10.3 Å². The molecule has 2 aromatic rings. The molecule has 0 aliphatic heterocycles. The number of halogens is 1. The van der Waals surface area contributed by atoms with Crippen LogP contribution in [0.25, 0.3) is 11.0 Å². The molecule has 0 aliphatic carbocycles. The Morgan fingerprint density at radius 3 is 2.88 bits per heavy atom. The lowest BCUT2D eigenvalue weighted by Gasteiger charge is -2.09. The van der Waals surface area contributed by atoms with Gasteiger partial charge in [-0.15, -0.1) is 0 Å². The van der Waals surface area contributed by atoms with Crippen LogP contribution in [0.5, 0.6) is 0 Å². The van der Waals surface area contributed by atoms with E-state index in [1.54, 1.807) is 0 Å². The number of alkyl halides is 1. The smallest absolute Gasteiger partial charge is 0.119 e. The molecular formula is C13H18FN3. The van der Waals surface area contributed by atoms with E-state index in [9.17, 15) is 4.39 Å². The second kappa shape index (κ2) is 5.27. The van der Waals surface area contributed by atoms with Crippen molar-refractivity contribution in [1.29, 1.82) is 0 Å². The lowest BCUT2D eigenvalue weighted by Crippen LogP contribution is -2.20. The van der Waals surface area contributed by atoms with Gasteiger partial charge in [0.1, 0.15) is 12.0 Å². The summed E-state index contributed by atoms with van der Waals surface area (Å²) in [6.45, 7) is 3.02. The lowest BCUT2D eigenvalue weighted by molar-refractivity contribution is 0.332. The summed E-state index contributed by atoms with van der Waals surface area (Å²) in [5, 5.41) is 0. The van der Waals surface area contributed by atoms with E-state index in [1.807, 2.05) is 24.3 Å². The van der Waals surface area contributed by atoms with Crippen LogP contribution in [0.2, 0.25) is 0 Å². The van der Waals surface area contributed by atoms with Crippen molar-refractivity contribution < 1.29 is 4.39 Å². The number of hydrogen-bond acceptors (Lipinski definition) is 2. The second-order valence-electron chi connectivity index (χ2n) is 4.21. The fourth-order valence-electron chi connectivity index (χ4n) is 2.04. The topological polar surface area (TPSA) is 43.8 Å². The molecule has 1 atom stereocenters. The van der Waals surface area contributed by atoms with Crippen molar-refractivity contribution in [2.45, 2.75) is 32.5 Å². The highest BCUT2D eigenvalue weighted by atomic mass is 19.1. The molecule has 1 unspecified atom stereocenters. The van der Waals surface area contributed by atoms with Crippen molar-refractivity contribution in [2.75, 3.05) is 6.54 Å². The molecule has 2 N–H and O–H groups in total. The number of hydrogen-bond donors (Lipinski definition) is 1. The molecule has 4 heteroatoms. The largest absolute Gasteiger partial charge is 0.328 e. The van der Waals surface area contributed by atoms with Gasteiger partial charge in [-0.25, -0.2) is 9.37 Å². The minimum Gasteiger partial charge on any atom is -0.328 e. The van der Waals surface area contributed by atoms with Gasteiger partial charge in [-0.05, 0) is 18.6 Å². The molecule has 92 valence electrons. The van der Waals surface area contributed by atoms with E-state index in [4.69, 9.17) is 5.73 Å². The van der Waals surface area contributed by atoms with Crippen LogP contribution in [0.4, 0.5) is 4.39 Å². The van der Waals surface area contributed by atoms with Gasteiger partial charge in [0.05, 0.1) is 11.0 Å². The molecule has 17 heavy (non-hydrogen) atoms. The maximum atomic E-state index is 13.4. The van der Waals surface area contributed by atoms with Crippen LogP contribution < -0.4 is 5.73 Å². The van der Waals surface area contributed by atoms with Crippen LogP contribution in [0.3, 0.4) is 0 Å². The average molecular weight is 235 g/mol. The first-order chi connectivity index (χ1) is 8.26. The number of fused-ring (bicyclic) bond motifs is 1. The minimum atomic E-state index is -1.01. The van der Waals surface area contributed by atoms with Crippen LogP contribution in [-0.4, -0.2) is 22.3 Å². The van der Waals surface area contributed by atoms with Crippen LogP contribution >= 0.6 is 0 Å². The van der Waals surface area contributed by atoms with E-state index < -0.39 is 6.17 Å². The monoisotopic (exact) mass is 235 g/mol. The van der Waals surface area contributed by atoms with Gasteiger partial charge >= 0.3 is 0 Å². The Balaban J connectivity index is 2.42. The molecule has 2 rings (SSSR count). The molecule has 0 aliphatic rings. The first-order valence-electron chi connectivity index (χ1n) is 6.04. The quantitative estimate of drug-likeness (QED) is 0.864. The molecule has 0 fully saturated rings. The standard InChI is InChI=1S/C13H18FN3/c1-2-7-17-12-6-4-3-5-11(12)16-13(17)8-10(14)9-15/h3-6,10H,2,7-9,15H2,1H3. The normalized spacial score (nSPS) is 13.1. The Morgan fingerprint density at radius 2 is 2.18 bits per heavy atom. The maximum absolute atomic E-state index is 13.4. The van der Waals surface area contributed by atoms with E-state index in [0.29, 0.717) is 6.42 Å². The van der Waals surface area contributed by atoms with Crippen molar-refractivity contribution in [1.82, 2.24) is 9.55 Å². The third-order valence-electron chi connectivity index (χ3n) is 2.84. The molecule has 0 bridgehead atoms. The third-order valence-corrected chi connectivity index (χ3v) is 2.84. The van der Waals surface area contributed by atoms with Crippen molar-refractivity contribution in [3.63, 3.8) is 0 Å². The Kier molecular flexibility index (Phi) is 3.74. The van der Waals surface area contributed by atoms with E-state index in [2.05, 4.69) is 16.5 Å². The summed E-state index contributed by atoms with van der Waals surface area (Å²) in [5.74, 6) is 0.797. The second-order valence-corrected chi connectivity index (χ2v) is 4.21. The minimum absolute atomic E-state index is 0.0509. The van der Waals surface area contributed by atoms with Crippen molar-refractivity contribution >= 4 is 11.0 Å². The predicted octanol–water partition coefficient (Wildman–Crippen LogP) is 2.29. The number of rotatable bonds is 5. The summed E-state index contributed by atoms with van der Waals surface area (Å²) in [7, 11) is 0. The number of imidazole rings is 1. The molecule has 0 radical (unpaired) electrons. The first kappa shape index (κ1) is 12.0. The fraction of sp³-hybridized carbons (Fsp3) is 0.462. The highest BCUT2D eigenvalue weighted by molar-refractivity contribution is 5.75. The molecule has 0 amide bonds. The summed E-state index contributed by atoms with van der Waals surface area (Å²) in [4.78, 5) is 4.49. The number of benzene rings is 1. The molecule has 1 heterocycles. The summed E-state index contributed by atoms with van der Waals surface area (Å²) in [5.41, 5.74) is 7.33. The highest BCUT2D eigenvalue weighted by Gasteiger charge is 2.13. The highest BCUT2D eigenvalue weighted by Crippen LogP contribution is 2.18. The van der Waals surface area contributed by atoms with Crippen LogP contribution in [0, 0.1) is 0 Å². The van der Waals surface area contributed by atoms with E-state index in [0.717, 1.165) is 29.8 Å². The summed E-state index contributed by atoms with van der Waals surface area (Å²) in [6, 6.07) is 7.92. The number of aromatic nitrogens is 2. The lowest BCUT2D eigenvalue weighted by atomic mass is 10.2. The number of para-hydroxylation sites is 2. The van der Waals surface area contributed by atoms with E-state index >= 15 is 0 Å². The van der Waals surface area contributed by atoms with Crippen molar-refractivity contribution in [2.24, 2.45) is 5.73 Å². The maximum Gasteiger partial charge on any atom is 0.119 e. The SMILES string of the molecule is CCCn1c(CC(F)CN)nc2ccccc21. The van der Waals surface area contributed by atoms with Crippen LogP contribution in [-0.2, 0) is 13.0 Å². The zero-order chi connectivity index (χ0) is 12.3. The summed E-state index contributed by atoms with van der Waals surface area (Å²) < 4.78 is 15.5. The van der Waals surface area contributed by atoms with E-state index in [-0.39, 0.29) is 6.54 Å². The number of aryl methyl sites for hydroxylation is 1. The van der Waals surface area contributed by atoms with Gasteiger partial charge in [0.2, 0.25) is 0 Å². The van der Waals surface area contributed by atoms with Crippen LogP contribution in [0.15, 0.2) is 24.3 Å². The first-order valence-corrected chi connectivity index (χ1v) is 6.04. The molecule has 0 spiro atoms. The summed E-state index contributed by atoms with van der Waals surface area (Å²) in [6.07, 6.45) is 0.292. The summed E-state index contributed by atoms with van der Waals surface area (Å²) >= 11 is 0. The fourth-order valence-corrected chi connectivity index (χ4v) is 2.04. The molecular weight excluding hydrogens is 217 g/mol. The van der Waals surface area contributed by atoms with Gasteiger partial charge in [0.25, 0.3) is 0 Å².